The molecule has 0 atom stereocenters. The van der Waals surface area contributed by atoms with Crippen molar-refractivity contribution in [1.29, 1.82) is 0 Å². The molecule has 0 aromatic heterocycles. The first kappa shape index (κ1) is 18.1. The molecular weight excluding hydrogens is 290 g/mol. The topological polar surface area (TPSA) is 86.6 Å². The minimum atomic E-state index is -3.84. The Balaban J connectivity index is 3.54. The monoisotopic (exact) mass is 315 g/mol. The molecule has 0 fully saturated rings. The van der Waals surface area contributed by atoms with Gasteiger partial charge in [-0.2, -0.15) is 0 Å². The van der Waals surface area contributed by atoms with Crippen molar-refractivity contribution in [2.24, 2.45) is 0 Å². The summed E-state index contributed by atoms with van der Waals surface area (Å²) in [5, 5.41) is 18.6. The highest BCUT2D eigenvalue weighted by Crippen LogP contribution is 2.30. The third kappa shape index (κ3) is 3.29. The van der Waals surface area contributed by atoms with Gasteiger partial charge in [0.05, 0.1) is 23.6 Å². The molecule has 0 heterocycles. The maximum atomic E-state index is 12.7. The number of hydrogen-bond donors (Lipinski definition) is 3. The Morgan fingerprint density at radius 2 is 1.19 bits per heavy atom. The van der Waals surface area contributed by atoms with Crippen LogP contribution in [0.5, 0.6) is 0 Å². The first-order valence-corrected chi connectivity index (χ1v) is 8.31. The molecule has 6 heteroatoms. The minimum Gasteiger partial charge on any atom is -0.394 e. The Hall–Kier alpha value is -0.950. The van der Waals surface area contributed by atoms with Crippen LogP contribution in [0.25, 0.3) is 0 Å². The predicted molar refractivity (Wildman–Crippen MR) is 83.0 cm³/mol. The lowest BCUT2D eigenvalue weighted by Gasteiger charge is -2.27. The number of hydrogen-bond acceptors (Lipinski definition) is 4. The second-order valence-corrected chi connectivity index (χ2v) is 7.56. The normalized spacial score (nSPS) is 12.8. The Morgan fingerprint density at radius 3 is 1.52 bits per heavy atom. The molecule has 1 aromatic carbocycles. The smallest absolute Gasteiger partial charge is 0.241 e. The van der Waals surface area contributed by atoms with Gasteiger partial charge in [0.15, 0.2) is 0 Å². The highest BCUT2D eigenvalue weighted by atomic mass is 32.2. The van der Waals surface area contributed by atoms with E-state index in [0.717, 1.165) is 16.7 Å². The third-order valence-electron chi connectivity index (χ3n) is 4.28. The molecule has 0 saturated heterocycles. The standard InChI is InChI=1S/C15H25NO4S/c1-9-10(2)12(4)14(13(5)11(9)3)21(19,20)16-15(6,7-17)8-18/h16-18H,7-8H2,1-6H3. The number of aliphatic hydroxyl groups excluding tert-OH is 2. The van der Waals surface area contributed by atoms with Crippen molar-refractivity contribution in [3.8, 4) is 0 Å². The zero-order valence-electron chi connectivity index (χ0n) is 13.5. The number of rotatable bonds is 5. The van der Waals surface area contributed by atoms with E-state index in [4.69, 9.17) is 0 Å². The Bertz CT molecular complexity index is 617. The van der Waals surface area contributed by atoms with E-state index in [-0.39, 0.29) is 4.90 Å². The van der Waals surface area contributed by atoms with Gasteiger partial charge in [-0.1, -0.05) is 0 Å². The summed E-state index contributed by atoms with van der Waals surface area (Å²) >= 11 is 0. The SMILES string of the molecule is Cc1c(C)c(C)c(S(=O)(=O)NC(C)(CO)CO)c(C)c1C. The fourth-order valence-electron chi connectivity index (χ4n) is 2.36. The summed E-state index contributed by atoms with van der Waals surface area (Å²) in [6.45, 7) is 9.82. The summed E-state index contributed by atoms with van der Waals surface area (Å²) in [6.07, 6.45) is 0. The fourth-order valence-corrected chi connectivity index (χ4v) is 4.35. The zero-order chi connectivity index (χ0) is 16.6. The average molecular weight is 315 g/mol. The summed E-state index contributed by atoms with van der Waals surface area (Å²) in [7, 11) is -3.84. The molecule has 0 aliphatic carbocycles. The van der Waals surface area contributed by atoms with Crippen LogP contribution in [0.1, 0.15) is 34.7 Å². The van der Waals surface area contributed by atoms with Gasteiger partial charge in [-0.25, -0.2) is 13.1 Å². The van der Waals surface area contributed by atoms with Gasteiger partial charge in [-0.05, 0) is 69.4 Å². The lowest BCUT2D eigenvalue weighted by Crippen LogP contribution is -2.51. The first-order valence-electron chi connectivity index (χ1n) is 6.83. The van der Waals surface area contributed by atoms with Crippen LogP contribution in [-0.4, -0.2) is 37.4 Å². The van der Waals surface area contributed by atoms with Gasteiger partial charge in [0.2, 0.25) is 10.0 Å². The number of sulfonamides is 1. The van der Waals surface area contributed by atoms with Crippen molar-refractivity contribution in [3.63, 3.8) is 0 Å². The van der Waals surface area contributed by atoms with Gasteiger partial charge in [0.25, 0.3) is 0 Å². The largest absolute Gasteiger partial charge is 0.394 e. The summed E-state index contributed by atoms with van der Waals surface area (Å²) in [5.74, 6) is 0. The molecule has 5 nitrogen and oxygen atoms in total. The summed E-state index contributed by atoms with van der Waals surface area (Å²) < 4.78 is 27.8. The number of aliphatic hydroxyl groups is 2. The van der Waals surface area contributed by atoms with Crippen molar-refractivity contribution in [3.05, 3.63) is 27.8 Å². The quantitative estimate of drug-likeness (QED) is 0.763. The Labute approximate surface area is 127 Å². The fraction of sp³-hybridized carbons (Fsp3) is 0.600. The Kier molecular flexibility index (Phi) is 5.21. The highest BCUT2D eigenvalue weighted by molar-refractivity contribution is 7.89. The first-order chi connectivity index (χ1) is 9.50. The molecule has 120 valence electrons. The van der Waals surface area contributed by atoms with Crippen LogP contribution in [0.3, 0.4) is 0 Å². The third-order valence-corrected chi connectivity index (χ3v) is 6.19. The van der Waals surface area contributed by atoms with Crippen LogP contribution in [0.2, 0.25) is 0 Å². The van der Waals surface area contributed by atoms with Gasteiger partial charge in [-0.3, -0.25) is 0 Å². The van der Waals surface area contributed by atoms with Gasteiger partial charge in [-0.15, -0.1) is 0 Å². The molecular formula is C15H25NO4S. The van der Waals surface area contributed by atoms with Crippen molar-refractivity contribution < 1.29 is 18.6 Å². The van der Waals surface area contributed by atoms with Crippen LogP contribution >= 0.6 is 0 Å². The van der Waals surface area contributed by atoms with Gasteiger partial charge in [0.1, 0.15) is 0 Å². The van der Waals surface area contributed by atoms with E-state index in [1.54, 1.807) is 13.8 Å². The van der Waals surface area contributed by atoms with E-state index in [0.29, 0.717) is 11.1 Å². The van der Waals surface area contributed by atoms with Crippen molar-refractivity contribution >= 4 is 10.0 Å². The Morgan fingerprint density at radius 1 is 0.857 bits per heavy atom. The second kappa shape index (κ2) is 6.04. The molecule has 21 heavy (non-hydrogen) atoms. The maximum absolute atomic E-state index is 12.7. The molecule has 1 aromatic rings. The molecule has 0 amide bonds. The molecule has 3 N–H and O–H groups in total. The van der Waals surface area contributed by atoms with E-state index in [1.165, 1.54) is 6.92 Å². The van der Waals surface area contributed by atoms with Crippen LogP contribution < -0.4 is 4.72 Å². The predicted octanol–water partition coefficient (Wildman–Crippen LogP) is 1.25. The second-order valence-electron chi connectivity index (χ2n) is 5.94. The zero-order valence-corrected chi connectivity index (χ0v) is 14.3. The van der Waals surface area contributed by atoms with Crippen LogP contribution in [0.4, 0.5) is 0 Å². The molecule has 0 unspecified atom stereocenters. The molecule has 0 bridgehead atoms. The summed E-state index contributed by atoms with van der Waals surface area (Å²) in [4.78, 5) is 0.233. The van der Waals surface area contributed by atoms with Crippen molar-refractivity contribution in [2.75, 3.05) is 13.2 Å². The van der Waals surface area contributed by atoms with Crippen molar-refractivity contribution in [1.82, 2.24) is 4.72 Å². The van der Waals surface area contributed by atoms with E-state index < -0.39 is 28.8 Å². The number of benzene rings is 1. The highest BCUT2D eigenvalue weighted by Gasteiger charge is 2.32. The van der Waals surface area contributed by atoms with E-state index in [2.05, 4.69) is 4.72 Å². The lowest BCUT2D eigenvalue weighted by atomic mass is 9.95. The minimum absolute atomic E-state index is 0.233. The average Bonchev–Trinajstić information content (AvgIpc) is 2.42. The van der Waals surface area contributed by atoms with E-state index in [9.17, 15) is 18.6 Å². The van der Waals surface area contributed by atoms with Gasteiger partial charge < -0.3 is 10.2 Å². The number of nitrogens with one attached hydrogen (secondary N) is 1. The summed E-state index contributed by atoms with van der Waals surface area (Å²) in [6, 6.07) is 0. The molecule has 0 spiro atoms. The van der Waals surface area contributed by atoms with Gasteiger partial charge >= 0.3 is 0 Å². The van der Waals surface area contributed by atoms with Gasteiger partial charge in [0, 0.05) is 0 Å². The lowest BCUT2D eigenvalue weighted by molar-refractivity contribution is 0.121. The molecule has 0 aliphatic heterocycles. The van der Waals surface area contributed by atoms with E-state index in [1.807, 2.05) is 20.8 Å². The van der Waals surface area contributed by atoms with Crippen LogP contribution in [-0.2, 0) is 10.0 Å². The maximum Gasteiger partial charge on any atom is 0.241 e. The summed E-state index contributed by atoms with van der Waals surface area (Å²) in [5.41, 5.74) is 3.06. The van der Waals surface area contributed by atoms with Crippen LogP contribution in [0.15, 0.2) is 4.90 Å². The molecule has 0 radical (unpaired) electrons. The molecule has 0 saturated carbocycles. The molecule has 0 aliphatic rings. The van der Waals surface area contributed by atoms with E-state index >= 15 is 0 Å². The molecule has 1 rings (SSSR count). The van der Waals surface area contributed by atoms with Crippen molar-refractivity contribution in [2.45, 2.75) is 52.0 Å². The van der Waals surface area contributed by atoms with Crippen LogP contribution in [0, 0.1) is 34.6 Å².